The molecule has 8 nitrogen and oxygen atoms in total. The maximum absolute atomic E-state index is 12.2. The molecule has 0 unspecified atom stereocenters. The number of carbonyl (C=O) groups is 2. The zero-order chi connectivity index (χ0) is 19.3. The Bertz CT molecular complexity index is 785. The molecule has 1 N–H and O–H groups in total. The van der Waals surface area contributed by atoms with Crippen molar-refractivity contribution in [2.75, 3.05) is 18.9 Å². The lowest BCUT2D eigenvalue weighted by molar-refractivity contribution is 0.0292. The Morgan fingerprint density at radius 3 is 2.77 bits per heavy atom. The number of ether oxygens (including phenoxy) is 1. The van der Waals surface area contributed by atoms with Crippen molar-refractivity contribution in [2.24, 2.45) is 0 Å². The first-order valence-electron chi connectivity index (χ1n) is 8.03. The van der Waals surface area contributed by atoms with Crippen LogP contribution in [0.3, 0.4) is 0 Å². The van der Waals surface area contributed by atoms with Crippen LogP contribution in [0.15, 0.2) is 35.2 Å². The van der Waals surface area contributed by atoms with Crippen molar-refractivity contribution in [2.45, 2.75) is 32.9 Å². The topological polar surface area (TPSA) is 89.4 Å². The molecule has 0 aliphatic heterocycles. The molecule has 0 radical (unpaired) electrons. The van der Waals surface area contributed by atoms with Crippen LogP contribution < -0.4 is 5.32 Å². The van der Waals surface area contributed by atoms with Gasteiger partial charge in [0.1, 0.15) is 11.4 Å². The van der Waals surface area contributed by atoms with Gasteiger partial charge in [0.15, 0.2) is 0 Å². The number of amides is 2. The number of hydrogen-bond donors (Lipinski definition) is 1. The van der Waals surface area contributed by atoms with Gasteiger partial charge in [0.05, 0.1) is 18.3 Å². The summed E-state index contributed by atoms with van der Waals surface area (Å²) in [5.41, 5.74) is -0.130. The maximum Gasteiger partial charge on any atom is 0.410 e. The van der Waals surface area contributed by atoms with Crippen LogP contribution in [0.4, 0.5) is 10.6 Å². The van der Waals surface area contributed by atoms with E-state index in [-0.39, 0.29) is 5.91 Å². The molecule has 9 heteroatoms. The normalized spacial score (nSPS) is 11.1. The Morgan fingerprint density at radius 2 is 2.12 bits per heavy atom. The first kappa shape index (κ1) is 19.9. The van der Waals surface area contributed by atoms with E-state index in [1.807, 2.05) is 20.8 Å². The van der Waals surface area contributed by atoms with Gasteiger partial charge in [0.25, 0.3) is 5.91 Å². The SMILES string of the molecule is CN(CCn1cc(C(=O)Nc2cc(Br)ccn2)cn1)C(=O)OC(C)(C)C. The Kier molecular flexibility index (Phi) is 6.36. The van der Waals surface area contributed by atoms with E-state index < -0.39 is 11.7 Å². The maximum atomic E-state index is 12.2. The van der Waals surface area contributed by atoms with Crippen molar-refractivity contribution >= 4 is 33.7 Å². The first-order valence-corrected chi connectivity index (χ1v) is 8.83. The van der Waals surface area contributed by atoms with Gasteiger partial charge in [0.2, 0.25) is 0 Å². The standard InChI is InChI=1S/C17H22BrN5O3/c1-17(2,3)26-16(25)22(4)7-8-23-11-12(10-20-23)15(24)21-14-9-13(18)5-6-19-14/h5-6,9-11H,7-8H2,1-4H3,(H,19,21,24). The van der Waals surface area contributed by atoms with Gasteiger partial charge in [-0.3, -0.25) is 9.48 Å². The Hall–Kier alpha value is -2.42. The summed E-state index contributed by atoms with van der Waals surface area (Å²) in [4.78, 5) is 29.7. The molecule has 26 heavy (non-hydrogen) atoms. The van der Waals surface area contributed by atoms with Crippen LogP contribution in [-0.4, -0.2) is 50.9 Å². The fraction of sp³-hybridized carbons (Fsp3) is 0.412. The molecular weight excluding hydrogens is 402 g/mol. The predicted molar refractivity (Wildman–Crippen MR) is 101 cm³/mol. The van der Waals surface area contributed by atoms with Crippen LogP contribution in [-0.2, 0) is 11.3 Å². The molecule has 2 rings (SSSR count). The second-order valence-corrected chi connectivity index (χ2v) is 7.62. The smallest absolute Gasteiger partial charge is 0.410 e. The summed E-state index contributed by atoms with van der Waals surface area (Å²) in [6.45, 7) is 6.30. The van der Waals surface area contributed by atoms with Gasteiger partial charge in [0, 0.05) is 30.5 Å². The summed E-state index contributed by atoms with van der Waals surface area (Å²) < 4.78 is 7.71. The summed E-state index contributed by atoms with van der Waals surface area (Å²) in [6.07, 6.45) is 4.29. The van der Waals surface area contributed by atoms with E-state index in [0.717, 1.165) is 4.47 Å². The molecule has 0 saturated carbocycles. The first-order chi connectivity index (χ1) is 12.1. The molecule has 0 aliphatic carbocycles. The van der Waals surface area contributed by atoms with Gasteiger partial charge < -0.3 is 15.0 Å². The second-order valence-electron chi connectivity index (χ2n) is 6.71. The molecule has 140 valence electrons. The number of pyridine rings is 1. The molecule has 2 aromatic rings. The predicted octanol–water partition coefficient (Wildman–Crippen LogP) is 3.16. The number of anilines is 1. The number of hydrogen-bond acceptors (Lipinski definition) is 5. The fourth-order valence-electron chi connectivity index (χ4n) is 1.95. The molecule has 0 aliphatic rings. The van der Waals surface area contributed by atoms with Crippen LogP contribution in [0.5, 0.6) is 0 Å². The highest BCUT2D eigenvalue weighted by atomic mass is 79.9. The molecule has 0 atom stereocenters. The Balaban J connectivity index is 1.89. The van der Waals surface area contributed by atoms with Crippen LogP contribution in [0.2, 0.25) is 0 Å². The minimum atomic E-state index is -0.539. The summed E-state index contributed by atoms with van der Waals surface area (Å²) in [5.74, 6) is 0.143. The zero-order valence-electron chi connectivity index (χ0n) is 15.2. The summed E-state index contributed by atoms with van der Waals surface area (Å²) in [7, 11) is 1.66. The monoisotopic (exact) mass is 423 g/mol. The van der Waals surface area contributed by atoms with Crippen molar-refractivity contribution < 1.29 is 14.3 Å². The fourth-order valence-corrected chi connectivity index (χ4v) is 2.28. The van der Waals surface area contributed by atoms with E-state index in [1.165, 1.54) is 11.1 Å². The lowest BCUT2D eigenvalue weighted by Crippen LogP contribution is -2.36. The zero-order valence-corrected chi connectivity index (χ0v) is 16.8. The van der Waals surface area contributed by atoms with Crippen molar-refractivity contribution in [3.63, 3.8) is 0 Å². The Labute approximate surface area is 160 Å². The molecule has 0 saturated heterocycles. The second kappa shape index (κ2) is 8.31. The van der Waals surface area contributed by atoms with Crippen LogP contribution in [0.1, 0.15) is 31.1 Å². The van der Waals surface area contributed by atoms with Gasteiger partial charge in [-0.2, -0.15) is 5.10 Å². The lowest BCUT2D eigenvalue weighted by Gasteiger charge is -2.24. The number of nitrogens with zero attached hydrogens (tertiary/aromatic N) is 4. The summed E-state index contributed by atoms with van der Waals surface area (Å²) >= 11 is 3.33. The molecule has 2 aromatic heterocycles. The molecule has 0 fully saturated rings. The van der Waals surface area contributed by atoms with Crippen molar-refractivity contribution in [1.29, 1.82) is 0 Å². The van der Waals surface area contributed by atoms with Crippen molar-refractivity contribution in [3.05, 3.63) is 40.8 Å². The van der Waals surface area contributed by atoms with E-state index in [4.69, 9.17) is 4.74 Å². The molecule has 2 heterocycles. The minimum Gasteiger partial charge on any atom is -0.444 e. The highest BCUT2D eigenvalue weighted by Gasteiger charge is 2.19. The highest BCUT2D eigenvalue weighted by Crippen LogP contribution is 2.14. The third kappa shape index (κ3) is 6.14. The van der Waals surface area contributed by atoms with E-state index in [1.54, 1.807) is 36.3 Å². The average molecular weight is 424 g/mol. The highest BCUT2D eigenvalue weighted by molar-refractivity contribution is 9.10. The largest absolute Gasteiger partial charge is 0.444 e. The van der Waals surface area contributed by atoms with Gasteiger partial charge in [-0.25, -0.2) is 9.78 Å². The number of aromatic nitrogens is 3. The van der Waals surface area contributed by atoms with Gasteiger partial charge in [-0.15, -0.1) is 0 Å². The quantitative estimate of drug-likeness (QED) is 0.797. The van der Waals surface area contributed by atoms with E-state index in [2.05, 4.69) is 31.3 Å². The van der Waals surface area contributed by atoms with E-state index >= 15 is 0 Å². The van der Waals surface area contributed by atoms with Crippen molar-refractivity contribution in [3.8, 4) is 0 Å². The van der Waals surface area contributed by atoms with Crippen LogP contribution >= 0.6 is 15.9 Å². The third-order valence-corrected chi connectivity index (χ3v) is 3.72. The average Bonchev–Trinajstić information content (AvgIpc) is 3.00. The van der Waals surface area contributed by atoms with E-state index in [9.17, 15) is 9.59 Å². The number of carbonyl (C=O) groups excluding carboxylic acids is 2. The molecule has 2 amide bonds. The lowest BCUT2D eigenvalue weighted by atomic mass is 10.2. The van der Waals surface area contributed by atoms with Crippen LogP contribution in [0, 0.1) is 0 Å². The molecular formula is C17H22BrN5O3. The number of nitrogens with one attached hydrogen (secondary N) is 1. The Morgan fingerprint density at radius 1 is 1.38 bits per heavy atom. The molecule has 0 aromatic carbocycles. The number of halogens is 1. The number of rotatable bonds is 5. The van der Waals surface area contributed by atoms with Gasteiger partial charge in [-0.1, -0.05) is 15.9 Å². The van der Waals surface area contributed by atoms with Crippen LogP contribution in [0.25, 0.3) is 0 Å². The van der Waals surface area contributed by atoms with E-state index in [0.29, 0.717) is 24.5 Å². The summed E-state index contributed by atoms with van der Waals surface area (Å²) in [5, 5.41) is 6.85. The van der Waals surface area contributed by atoms with Gasteiger partial charge >= 0.3 is 6.09 Å². The molecule has 0 spiro atoms. The number of likely N-dealkylation sites (N-methyl/N-ethyl adjacent to an activating group) is 1. The van der Waals surface area contributed by atoms with Crippen molar-refractivity contribution in [1.82, 2.24) is 19.7 Å². The van der Waals surface area contributed by atoms with Gasteiger partial charge in [-0.05, 0) is 32.9 Å². The summed E-state index contributed by atoms with van der Waals surface area (Å²) in [6, 6.07) is 3.48. The minimum absolute atomic E-state index is 0.303. The molecule has 0 bridgehead atoms. The third-order valence-electron chi connectivity index (χ3n) is 3.23.